The van der Waals surface area contributed by atoms with Crippen molar-refractivity contribution < 1.29 is 23.1 Å². The Balaban J connectivity index is 2.60. The number of hydrogen-bond donors (Lipinski definition) is 1. The molecule has 1 saturated heterocycles. The van der Waals surface area contributed by atoms with Crippen LogP contribution in [0.4, 0.5) is 0 Å². The molecular formula is C10H18N2O5S. The highest BCUT2D eigenvalue weighted by Gasteiger charge is 2.27. The number of carbonyl (C=O) groups excluding carboxylic acids is 1. The standard InChI is InChI=1S/C10H18N2O5S/c1-11-5-3-6-12(8-9(11)13)18(16,17)7-2-4-10(14)15/h2-8H2,1H3,(H,14,15). The van der Waals surface area contributed by atoms with Gasteiger partial charge in [-0.3, -0.25) is 9.59 Å². The Morgan fingerprint density at radius 3 is 2.67 bits per heavy atom. The number of carboxylic acids is 1. The van der Waals surface area contributed by atoms with Crippen LogP contribution >= 0.6 is 0 Å². The van der Waals surface area contributed by atoms with Gasteiger partial charge >= 0.3 is 5.97 Å². The molecule has 0 aliphatic carbocycles. The third-order valence-corrected chi connectivity index (χ3v) is 4.73. The zero-order valence-corrected chi connectivity index (χ0v) is 11.1. The summed E-state index contributed by atoms with van der Waals surface area (Å²) in [7, 11) is -1.89. The molecule has 0 radical (unpaired) electrons. The van der Waals surface area contributed by atoms with Crippen molar-refractivity contribution in [1.82, 2.24) is 9.21 Å². The number of rotatable bonds is 5. The Kier molecular flexibility index (Phi) is 5.09. The van der Waals surface area contributed by atoms with Crippen LogP contribution in [-0.4, -0.2) is 67.0 Å². The Hall–Kier alpha value is -1.15. The number of nitrogens with zero attached hydrogens (tertiary/aromatic N) is 2. The topological polar surface area (TPSA) is 95.0 Å². The Bertz CT molecular complexity index is 420. The SMILES string of the molecule is CN1CCCN(S(=O)(=O)CCCC(=O)O)CC1=O. The maximum atomic E-state index is 11.9. The zero-order valence-electron chi connectivity index (χ0n) is 10.3. The van der Waals surface area contributed by atoms with E-state index in [1.807, 2.05) is 0 Å². The minimum atomic E-state index is -3.54. The minimum absolute atomic E-state index is 0.0677. The summed E-state index contributed by atoms with van der Waals surface area (Å²) in [6.07, 6.45) is 0.486. The van der Waals surface area contributed by atoms with E-state index in [0.29, 0.717) is 19.5 Å². The number of aliphatic carboxylic acids is 1. The summed E-state index contributed by atoms with van der Waals surface area (Å²) in [6, 6.07) is 0. The van der Waals surface area contributed by atoms with Gasteiger partial charge in [-0.25, -0.2) is 8.42 Å². The van der Waals surface area contributed by atoms with Gasteiger partial charge < -0.3 is 10.0 Å². The van der Waals surface area contributed by atoms with E-state index >= 15 is 0 Å². The van der Waals surface area contributed by atoms with Gasteiger partial charge in [0, 0.05) is 26.6 Å². The van der Waals surface area contributed by atoms with Crippen molar-refractivity contribution in [2.75, 3.05) is 32.4 Å². The molecule has 1 rings (SSSR count). The van der Waals surface area contributed by atoms with E-state index < -0.39 is 16.0 Å². The van der Waals surface area contributed by atoms with Crippen LogP contribution in [0.1, 0.15) is 19.3 Å². The molecule has 1 N–H and O–H groups in total. The highest BCUT2D eigenvalue weighted by atomic mass is 32.2. The molecule has 7 nitrogen and oxygen atoms in total. The van der Waals surface area contributed by atoms with Crippen LogP contribution in [0.3, 0.4) is 0 Å². The Morgan fingerprint density at radius 1 is 1.39 bits per heavy atom. The summed E-state index contributed by atoms with van der Waals surface area (Å²) in [5.41, 5.74) is 0. The molecule has 1 heterocycles. The second-order valence-corrected chi connectivity index (χ2v) is 6.40. The van der Waals surface area contributed by atoms with Crippen molar-refractivity contribution in [3.63, 3.8) is 0 Å². The first kappa shape index (κ1) is 14.9. The molecule has 18 heavy (non-hydrogen) atoms. The lowest BCUT2D eigenvalue weighted by Crippen LogP contribution is -2.39. The molecule has 0 atom stereocenters. The first-order chi connectivity index (χ1) is 8.33. The molecule has 1 amide bonds. The Labute approximate surface area is 106 Å². The second kappa shape index (κ2) is 6.14. The average Bonchev–Trinajstić information content (AvgIpc) is 2.41. The number of likely N-dealkylation sites (N-methyl/N-ethyl adjacent to an activating group) is 1. The van der Waals surface area contributed by atoms with Gasteiger partial charge in [-0.15, -0.1) is 0 Å². The third kappa shape index (κ3) is 4.26. The largest absolute Gasteiger partial charge is 0.481 e. The number of hydrogen-bond acceptors (Lipinski definition) is 4. The fourth-order valence-corrected chi connectivity index (χ4v) is 3.21. The van der Waals surface area contributed by atoms with Gasteiger partial charge in [0.1, 0.15) is 0 Å². The van der Waals surface area contributed by atoms with E-state index in [2.05, 4.69) is 0 Å². The number of amides is 1. The summed E-state index contributed by atoms with van der Waals surface area (Å²) < 4.78 is 25.0. The molecule has 104 valence electrons. The average molecular weight is 278 g/mol. The minimum Gasteiger partial charge on any atom is -0.481 e. The summed E-state index contributed by atoms with van der Waals surface area (Å²) in [5, 5.41) is 8.47. The van der Waals surface area contributed by atoms with E-state index in [9.17, 15) is 18.0 Å². The molecule has 0 bridgehead atoms. The van der Waals surface area contributed by atoms with E-state index in [0.717, 1.165) is 4.31 Å². The maximum absolute atomic E-state index is 11.9. The van der Waals surface area contributed by atoms with Crippen molar-refractivity contribution in [3.8, 4) is 0 Å². The molecule has 0 aromatic carbocycles. The molecule has 1 aliphatic heterocycles. The summed E-state index contributed by atoms with van der Waals surface area (Å²) in [6.45, 7) is 0.706. The lowest BCUT2D eigenvalue weighted by Gasteiger charge is -2.19. The molecule has 0 saturated carbocycles. The smallest absolute Gasteiger partial charge is 0.303 e. The molecule has 0 aromatic heterocycles. The molecule has 1 fully saturated rings. The van der Waals surface area contributed by atoms with Gasteiger partial charge in [0.15, 0.2) is 0 Å². The fraction of sp³-hybridized carbons (Fsp3) is 0.800. The molecule has 0 aromatic rings. The van der Waals surface area contributed by atoms with Gasteiger partial charge in [-0.05, 0) is 12.8 Å². The van der Waals surface area contributed by atoms with Crippen LogP contribution in [0.5, 0.6) is 0 Å². The molecule has 1 aliphatic rings. The van der Waals surface area contributed by atoms with E-state index in [1.165, 1.54) is 4.90 Å². The lowest BCUT2D eigenvalue weighted by atomic mass is 10.3. The molecule has 0 unspecified atom stereocenters. The van der Waals surface area contributed by atoms with Crippen molar-refractivity contribution in [1.29, 1.82) is 0 Å². The van der Waals surface area contributed by atoms with E-state index in [4.69, 9.17) is 5.11 Å². The summed E-state index contributed by atoms with van der Waals surface area (Å²) in [4.78, 5) is 23.4. The number of carboxylic acid groups (broad SMARTS) is 1. The highest BCUT2D eigenvalue weighted by molar-refractivity contribution is 7.89. The van der Waals surface area contributed by atoms with E-state index in [-0.39, 0.29) is 31.0 Å². The van der Waals surface area contributed by atoms with Gasteiger partial charge in [0.2, 0.25) is 15.9 Å². The first-order valence-electron chi connectivity index (χ1n) is 5.76. The van der Waals surface area contributed by atoms with Gasteiger partial charge in [-0.1, -0.05) is 0 Å². The zero-order chi connectivity index (χ0) is 13.8. The molecule has 8 heteroatoms. The van der Waals surface area contributed by atoms with Crippen LogP contribution in [0.15, 0.2) is 0 Å². The number of sulfonamides is 1. The maximum Gasteiger partial charge on any atom is 0.303 e. The van der Waals surface area contributed by atoms with E-state index in [1.54, 1.807) is 7.05 Å². The lowest BCUT2D eigenvalue weighted by molar-refractivity contribution is -0.137. The van der Waals surface area contributed by atoms with Crippen LogP contribution in [0.2, 0.25) is 0 Å². The van der Waals surface area contributed by atoms with Gasteiger partial charge in [0.25, 0.3) is 0 Å². The number of carbonyl (C=O) groups is 2. The van der Waals surface area contributed by atoms with Crippen LogP contribution in [0.25, 0.3) is 0 Å². The summed E-state index contributed by atoms with van der Waals surface area (Å²) in [5.74, 6) is -1.47. The van der Waals surface area contributed by atoms with Crippen molar-refractivity contribution in [3.05, 3.63) is 0 Å². The molecular weight excluding hydrogens is 260 g/mol. The summed E-state index contributed by atoms with van der Waals surface area (Å²) >= 11 is 0. The molecule has 0 spiro atoms. The first-order valence-corrected chi connectivity index (χ1v) is 7.37. The van der Waals surface area contributed by atoms with Crippen molar-refractivity contribution in [2.45, 2.75) is 19.3 Å². The monoisotopic (exact) mass is 278 g/mol. The second-order valence-electron chi connectivity index (χ2n) is 4.32. The predicted molar refractivity (Wildman–Crippen MR) is 64.5 cm³/mol. The van der Waals surface area contributed by atoms with Crippen molar-refractivity contribution in [2.24, 2.45) is 0 Å². The quantitative estimate of drug-likeness (QED) is 0.720. The van der Waals surface area contributed by atoms with Crippen molar-refractivity contribution >= 4 is 21.9 Å². The van der Waals surface area contributed by atoms with Gasteiger partial charge in [0.05, 0.1) is 12.3 Å². The van der Waals surface area contributed by atoms with Crippen LogP contribution in [-0.2, 0) is 19.6 Å². The normalized spacial score (nSPS) is 18.7. The van der Waals surface area contributed by atoms with Crippen LogP contribution in [0, 0.1) is 0 Å². The van der Waals surface area contributed by atoms with Crippen LogP contribution < -0.4 is 0 Å². The fourth-order valence-electron chi connectivity index (χ4n) is 1.73. The predicted octanol–water partition coefficient (Wildman–Crippen LogP) is -0.655. The highest BCUT2D eigenvalue weighted by Crippen LogP contribution is 2.10. The third-order valence-electron chi connectivity index (χ3n) is 2.82. The van der Waals surface area contributed by atoms with Gasteiger partial charge in [-0.2, -0.15) is 4.31 Å². The Morgan fingerprint density at radius 2 is 2.06 bits per heavy atom.